The second-order valence-electron chi connectivity index (χ2n) is 9.22. The fourth-order valence-corrected chi connectivity index (χ4v) is 6.03. The van der Waals surface area contributed by atoms with E-state index in [0.29, 0.717) is 10.8 Å². The van der Waals surface area contributed by atoms with Crippen molar-refractivity contribution in [1.82, 2.24) is 5.32 Å². The molecule has 4 rings (SSSR count). The Morgan fingerprint density at radius 1 is 1.05 bits per heavy atom. The molecule has 0 bridgehead atoms. The van der Waals surface area contributed by atoms with E-state index >= 15 is 0 Å². The molecule has 3 aromatic carbocycles. The van der Waals surface area contributed by atoms with Crippen molar-refractivity contribution in [2.45, 2.75) is 37.6 Å². The minimum atomic E-state index is -4.10. The first-order chi connectivity index (χ1) is 17.7. The van der Waals surface area contributed by atoms with Crippen molar-refractivity contribution in [3.8, 4) is 5.75 Å². The Kier molecular flexibility index (Phi) is 8.29. The average molecular weight is 542 g/mol. The highest BCUT2D eigenvalue weighted by Gasteiger charge is 2.30. The number of hydrogen-bond acceptors (Lipinski definition) is 5. The summed E-state index contributed by atoms with van der Waals surface area (Å²) in [4.78, 5) is 15.6. The summed E-state index contributed by atoms with van der Waals surface area (Å²) in [7, 11) is -2.66. The third-order valence-corrected chi connectivity index (χ3v) is 8.56. The van der Waals surface area contributed by atoms with Gasteiger partial charge in [-0.05, 0) is 74.7 Å². The van der Waals surface area contributed by atoms with Gasteiger partial charge in [-0.1, -0.05) is 41.4 Å². The zero-order valence-electron chi connectivity index (χ0n) is 21.3. The normalized spacial score (nSPS) is 14.3. The van der Waals surface area contributed by atoms with E-state index in [2.05, 4.69) is 22.3 Å². The van der Waals surface area contributed by atoms with Gasteiger partial charge in [0.1, 0.15) is 12.3 Å². The highest BCUT2D eigenvalue weighted by Crippen LogP contribution is 2.35. The van der Waals surface area contributed by atoms with Crippen LogP contribution < -0.4 is 19.3 Å². The number of anilines is 2. The topological polar surface area (TPSA) is 79.0 Å². The van der Waals surface area contributed by atoms with Gasteiger partial charge < -0.3 is 15.0 Å². The lowest BCUT2D eigenvalue weighted by Crippen LogP contribution is -2.41. The van der Waals surface area contributed by atoms with E-state index in [1.807, 2.05) is 26.0 Å². The quantitative estimate of drug-likeness (QED) is 0.396. The number of hydrogen-bond donors (Lipinski definition) is 1. The minimum Gasteiger partial charge on any atom is -0.495 e. The molecule has 1 atom stereocenters. The molecular formula is C28H32ClN3O4S. The number of rotatable bonds is 9. The molecule has 3 aromatic rings. The molecule has 1 aliphatic rings. The third-order valence-electron chi connectivity index (χ3n) is 6.55. The monoisotopic (exact) mass is 541 g/mol. The predicted octanol–water partition coefficient (Wildman–Crippen LogP) is 5.33. The molecule has 1 saturated heterocycles. The molecule has 0 aromatic heterocycles. The molecule has 1 unspecified atom stereocenters. The van der Waals surface area contributed by atoms with E-state index in [4.69, 9.17) is 16.3 Å². The minimum absolute atomic E-state index is 0.0680. The summed E-state index contributed by atoms with van der Waals surface area (Å²) in [5, 5.41) is 3.26. The van der Waals surface area contributed by atoms with Gasteiger partial charge in [0.05, 0.1) is 23.7 Å². The molecule has 1 heterocycles. The zero-order chi connectivity index (χ0) is 26.6. The lowest BCUT2D eigenvalue weighted by atomic mass is 10.1. The molecule has 0 radical (unpaired) electrons. The van der Waals surface area contributed by atoms with Crippen molar-refractivity contribution < 1.29 is 17.9 Å². The largest absolute Gasteiger partial charge is 0.495 e. The molecule has 1 aliphatic heterocycles. The van der Waals surface area contributed by atoms with Gasteiger partial charge in [-0.3, -0.25) is 9.10 Å². The van der Waals surface area contributed by atoms with Crippen LogP contribution in [-0.2, 0) is 14.8 Å². The highest BCUT2D eigenvalue weighted by atomic mass is 35.5. The van der Waals surface area contributed by atoms with Gasteiger partial charge in [0.2, 0.25) is 5.91 Å². The van der Waals surface area contributed by atoms with Crippen LogP contribution in [0.2, 0.25) is 5.02 Å². The van der Waals surface area contributed by atoms with E-state index < -0.39 is 22.5 Å². The van der Waals surface area contributed by atoms with Crippen LogP contribution in [0.25, 0.3) is 0 Å². The first-order valence-electron chi connectivity index (χ1n) is 12.3. The Morgan fingerprint density at radius 2 is 1.70 bits per heavy atom. The number of halogens is 1. The smallest absolute Gasteiger partial charge is 0.264 e. The molecule has 0 spiro atoms. The van der Waals surface area contributed by atoms with Crippen LogP contribution in [0.15, 0.2) is 71.6 Å². The van der Waals surface area contributed by atoms with Gasteiger partial charge in [0, 0.05) is 23.8 Å². The first-order valence-corrected chi connectivity index (χ1v) is 14.1. The lowest BCUT2D eigenvalue weighted by Gasteiger charge is -2.27. The number of methoxy groups -OCH3 is 1. The molecule has 196 valence electrons. The van der Waals surface area contributed by atoms with Crippen LogP contribution in [0.1, 0.15) is 36.9 Å². The Hall–Kier alpha value is -3.23. The fourth-order valence-electron chi connectivity index (χ4n) is 4.45. The summed E-state index contributed by atoms with van der Waals surface area (Å²) in [5.74, 6) is -0.160. The van der Waals surface area contributed by atoms with Crippen molar-refractivity contribution in [2.75, 3.05) is 35.9 Å². The van der Waals surface area contributed by atoms with Crippen LogP contribution >= 0.6 is 11.6 Å². The molecule has 1 amide bonds. The van der Waals surface area contributed by atoms with Gasteiger partial charge >= 0.3 is 0 Å². The first kappa shape index (κ1) is 26.8. The molecule has 1 fully saturated rings. The molecule has 0 saturated carbocycles. The number of benzene rings is 3. The van der Waals surface area contributed by atoms with Crippen molar-refractivity contribution in [1.29, 1.82) is 0 Å². The number of amides is 1. The Labute approximate surface area is 224 Å². The van der Waals surface area contributed by atoms with Gasteiger partial charge in [0.25, 0.3) is 10.0 Å². The molecule has 7 nitrogen and oxygen atoms in total. The second kappa shape index (κ2) is 11.4. The average Bonchev–Trinajstić information content (AvgIpc) is 3.43. The van der Waals surface area contributed by atoms with Crippen LogP contribution in [-0.4, -0.2) is 41.1 Å². The lowest BCUT2D eigenvalue weighted by molar-refractivity contribution is -0.120. The van der Waals surface area contributed by atoms with Gasteiger partial charge in [0.15, 0.2) is 0 Å². The van der Waals surface area contributed by atoms with E-state index in [9.17, 15) is 13.2 Å². The van der Waals surface area contributed by atoms with Gasteiger partial charge in [-0.15, -0.1) is 0 Å². The maximum absolute atomic E-state index is 13.7. The van der Waals surface area contributed by atoms with Crippen LogP contribution in [0.5, 0.6) is 5.75 Å². The van der Waals surface area contributed by atoms with E-state index in [0.717, 1.165) is 28.5 Å². The second-order valence-corrected chi connectivity index (χ2v) is 11.5. The number of ether oxygens (including phenoxy) is 1. The van der Waals surface area contributed by atoms with Crippen molar-refractivity contribution in [3.05, 3.63) is 82.9 Å². The van der Waals surface area contributed by atoms with E-state index in [1.54, 1.807) is 24.3 Å². The molecule has 0 aliphatic carbocycles. The Morgan fingerprint density at radius 3 is 2.32 bits per heavy atom. The summed E-state index contributed by atoms with van der Waals surface area (Å²) in [6, 6.07) is 19.0. The SMILES string of the molecule is COc1ccc(Cl)cc1N(CC(=O)NC(C)c1ccc(N2CCCC2)cc1)S(=O)(=O)c1ccc(C)cc1. The third kappa shape index (κ3) is 6.19. The van der Waals surface area contributed by atoms with E-state index in [-0.39, 0.29) is 16.6 Å². The molecule has 37 heavy (non-hydrogen) atoms. The number of carbonyl (C=O) groups excluding carboxylic acids is 1. The Bertz CT molecular complexity index is 1340. The summed E-state index contributed by atoms with van der Waals surface area (Å²) in [6.45, 7) is 5.43. The number of carbonyl (C=O) groups is 1. The van der Waals surface area contributed by atoms with Gasteiger partial charge in [-0.25, -0.2) is 8.42 Å². The van der Waals surface area contributed by atoms with Crippen molar-refractivity contribution >= 4 is 38.9 Å². The Balaban J connectivity index is 1.58. The van der Waals surface area contributed by atoms with Gasteiger partial charge in [-0.2, -0.15) is 0 Å². The standard InChI is InChI=1S/C28H32ClN3O4S/c1-20-6-13-25(14-7-20)37(34,35)32(26-18-23(29)10-15-27(26)36-3)19-28(33)30-21(2)22-8-11-24(12-9-22)31-16-4-5-17-31/h6-15,18,21H,4-5,16-17,19H2,1-3H3,(H,30,33). The summed E-state index contributed by atoms with van der Waals surface area (Å²) >= 11 is 6.21. The molecule has 9 heteroatoms. The maximum Gasteiger partial charge on any atom is 0.264 e. The van der Waals surface area contributed by atoms with Crippen molar-refractivity contribution in [2.24, 2.45) is 0 Å². The van der Waals surface area contributed by atoms with Crippen molar-refractivity contribution in [3.63, 3.8) is 0 Å². The maximum atomic E-state index is 13.7. The number of nitrogens with zero attached hydrogens (tertiary/aromatic N) is 2. The summed E-state index contributed by atoms with van der Waals surface area (Å²) in [6.07, 6.45) is 2.40. The summed E-state index contributed by atoms with van der Waals surface area (Å²) < 4.78 is 33.9. The predicted molar refractivity (Wildman–Crippen MR) is 148 cm³/mol. The van der Waals surface area contributed by atoms with E-state index in [1.165, 1.54) is 43.8 Å². The summed E-state index contributed by atoms with van der Waals surface area (Å²) in [5.41, 5.74) is 3.22. The van der Waals surface area contributed by atoms with Crippen LogP contribution in [0, 0.1) is 6.92 Å². The van der Waals surface area contributed by atoms with Crippen LogP contribution in [0.3, 0.4) is 0 Å². The molecular weight excluding hydrogens is 510 g/mol. The molecule has 1 N–H and O–H groups in total. The fraction of sp³-hybridized carbons (Fsp3) is 0.321. The highest BCUT2D eigenvalue weighted by molar-refractivity contribution is 7.92. The number of nitrogens with one attached hydrogen (secondary N) is 1. The van der Waals surface area contributed by atoms with Crippen LogP contribution in [0.4, 0.5) is 11.4 Å². The number of aryl methyl sites for hydroxylation is 1. The number of sulfonamides is 1. The zero-order valence-corrected chi connectivity index (χ0v) is 22.8.